The van der Waals surface area contributed by atoms with Gasteiger partial charge in [-0.25, -0.2) is 4.98 Å². The van der Waals surface area contributed by atoms with E-state index in [0.717, 1.165) is 0 Å². The third-order valence-electron chi connectivity index (χ3n) is 3.41. The molecule has 3 N–H and O–H groups in total. The van der Waals surface area contributed by atoms with Gasteiger partial charge in [0.15, 0.2) is 16.9 Å². The van der Waals surface area contributed by atoms with Gasteiger partial charge in [0.25, 0.3) is 5.88 Å². The quantitative estimate of drug-likeness (QED) is 0.666. The molecule has 1 saturated heterocycles. The molecule has 0 amide bonds. The van der Waals surface area contributed by atoms with E-state index in [9.17, 15) is 10.2 Å². The molecule has 1 aliphatic rings. The summed E-state index contributed by atoms with van der Waals surface area (Å²) in [7, 11) is 1.42. The molecule has 3 heterocycles. The number of methoxy groups -OCH3 is 1. The Bertz CT molecular complexity index is 665. The van der Waals surface area contributed by atoms with Gasteiger partial charge in [0.05, 0.1) is 20.0 Å². The van der Waals surface area contributed by atoms with Crippen LogP contribution in [0.5, 0.6) is 5.88 Å². The largest absolute Gasteiger partial charge is 0.478 e. The number of hydrogen-bond acceptors (Lipinski definition) is 8. The predicted molar refractivity (Wildman–Crippen MR) is 69.9 cm³/mol. The van der Waals surface area contributed by atoms with E-state index in [4.69, 9.17) is 26.2 Å². The van der Waals surface area contributed by atoms with Crippen molar-refractivity contribution in [2.75, 3.05) is 13.7 Å². The number of ether oxygens (including phenoxy) is 2. The van der Waals surface area contributed by atoms with Crippen molar-refractivity contribution in [3.8, 4) is 5.88 Å². The zero-order chi connectivity index (χ0) is 15.1. The maximum absolute atomic E-state index is 10.1. The van der Waals surface area contributed by atoms with Crippen molar-refractivity contribution in [1.82, 2.24) is 19.7 Å². The summed E-state index contributed by atoms with van der Waals surface area (Å²) in [6.07, 6.45) is -2.92. The van der Waals surface area contributed by atoms with Gasteiger partial charge in [-0.05, 0) is 0 Å². The molecule has 0 bridgehead atoms. The molecular formula is C11H13ClN4O5. The Hall–Kier alpha value is -1.52. The maximum atomic E-state index is 10.1. The summed E-state index contributed by atoms with van der Waals surface area (Å²) in [6.45, 7) is -0.418. The lowest BCUT2D eigenvalue weighted by Crippen LogP contribution is -2.33. The van der Waals surface area contributed by atoms with Gasteiger partial charge in [-0.2, -0.15) is 0 Å². The van der Waals surface area contributed by atoms with Crippen molar-refractivity contribution in [2.45, 2.75) is 24.5 Å². The minimum Gasteiger partial charge on any atom is -0.478 e. The third kappa shape index (κ3) is 2.14. The Labute approximate surface area is 123 Å². The van der Waals surface area contributed by atoms with Crippen molar-refractivity contribution < 1.29 is 24.8 Å². The van der Waals surface area contributed by atoms with Crippen LogP contribution in [0.4, 0.5) is 0 Å². The second-order valence-corrected chi connectivity index (χ2v) is 4.94. The van der Waals surface area contributed by atoms with Crippen LogP contribution in [0.25, 0.3) is 11.0 Å². The van der Waals surface area contributed by atoms with Crippen LogP contribution in [-0.4, -0.2) is 67.1 Å². The minimum atomic E-state index is -1.24. The first-order valence-corrected chi connectivity index (χ1v) is 6.51. The fourth-order valence-corrected chi connectivity index (χ4v) is 2.57. The Kier molecular flexibility index (Phi) is 3.68. The van der Waals surface area contributed by atoms with E-state index in [-0.39, 0.29) is 11.0 Å². The summed E-state index contributed by atoms with van der Waals surface area (Å²) in [5, 5.41) is 36.6. The molecule has 9 nitrogen and oxygen atoms in total. The van der Waals surface area contributed by atoms with E-state index in [1.165, 1.54) is 18.0 Å². The molecule has 0 spiro atoms. The van der Waals surface area contributed by atoms with Crippen molar-refractivity contribution in [2.24, 2.45) is 0 Å². The SMILES string of the molecule is COc1nnc(Cl)c2c1ncn2[C@@H]1O[C@H](CO)[C@@H](O)[C@H]1O. The lowest BCUT2D eigenvalue weighted by molar-refractivity contribution is -0.0509. The van der Waals surface area contributed by atoms with Crippen LogP contribution in [0.3, 0.4) is 0 Å². The molecule has 4 atom stereocenters. The maximum Gasteiger partial charge on any atom is 0.261 e. The van der Waals surface area contributed by atoms with Crippen LogP contribution in [0.15, 0.2) is 6.33 Å². The highest BCUT2D eigenvalue weighted by atomic mass is 35.5. The van der Waals surface area contributed by atoms with E-state index < -0.39 is 31.1 Å². The van der Waals surface area contributed by atoms with E-state index in [1.54, 1.807) is 0 Å². The highest BCUT2D eigenvalue weighted by Gasteiger charge is 2.44. The Morgan fingerprint density at radius 2 is 2.14 bits per heavy atom. The fraction of sp³-hybridized carbons (Fsp3) is 0.545. The summed E-state index contributed by atoms with van der Waals surface area (Å²) in [4.78, 5) is 4.12. The minimum absolute atomic E-state index is 0.0565. The molecule has 2 aromatic rings. The van der Waals surface area contributed by atoms with E-state index in [1.807, 2.05) is 0 Å². The van der Waals surface area contributed by atoms with Crippen molar-refractivity contribution in [1.29, 1.82) is 0 Å². The third-order valence-corrected chi connectivity index (χ3v) is 3.66. The number of halogens is 1. The number of fused-ring (bicyclic) bond motifs is 1. The van der Waals surface area contributed by atoms with Crippen LogP contribution in [0.2, 0.25) is 5.15 Å². The lowest BCUT2D eigenvalue weighted by atomic mass is 10.1. The highest BCUT2D eigenvalue weighted by Crippen LogP contribution is 2.34. The molecule has 0 aliphatic carbocycles. The smallest absolute Gasteiger partial charge is 0.261 e. The van der Waals surface area contributed by atoms with Crippen molar-refractivity contribution >= 4 is 22.6 Å². The molecule has 0 aromatic carbocycles. The first kappa shape index (κ1) is 14.4. The molecule has 1 fully saturated rings. The van der Waals surface area contributed by atoms with Crippen LogP contribution in [0.1, 0.15) is 6.23 Å². The number of aromatic nitrogens is 4. The average molecular weight is 317 g/mol. The molecule has 0 radical (unpaired) electrons. The van der Waals surface area contributed by atoms with Crippen LogP contribution in [-0.2, 0) is 4.74 Å². The van der Waals surface area contributed by atoms with Gasteiger partial charge in [-0.3, -0.25) is 4.57 Å². The first-order chi connectivity index (χ1) is 10.1. The standard InChI is InChI=1S/C11H13ClN4O5/c1-20-10-5-6(9(12)14-15-10)16(3-13-5)11-8(19)7(18)4(2-17)21-11/h3-4,7-8,11,17-19H,2H2,1H3/t4-,7-,8-,11-/m1/s1. The topological polar surface area (TPSA) is 123 Å². The zero-order valence-electron chi connectivity index (χ0n) is 10.9. The number of rotatable bonds is 3. The Morgan fingerprint density at radius 1 is 1.38 bits per heavy atom. The molecule has 10 heteroatoms. The average Bonchev–Trinajstić information content (AvgIpc) is 3.04. The first-order valence-electron chi connectivity index (χ1n) is 6.13. The normalized spacial score (nSPS) is 29.2. The predicted octanol–water partition coefficient (Wildman–Crippen LogP) is -0.900. The number of aliphatic hydroxyl groups is 3. The lowest BCUT2D eigenvalue weighted by Gasteiger charge is -2.17. The van der Waals surface area contributed by atoms with Gasteiger partial charge >= 0.3 is 0 Å². The van der Waals surface area contributed by atoms with Gasteiger partial charge in [-0.1, -0.05) is 11.6 Å². The second kappa shape index (κ2) is 5.35. The number of imidazole rings is 1. The molecule has 21 heavy (non-hydrogen) atoms. The fourth-order valence-electron chi connectivity index (χ4n) is 2.35. The van der Waals surface area contributed by atoms with Crippen LogP contribution < -0.4 is 4.74 Å². The molecule has 3 rings (SSSR count). The highest BCUT2D eigenvalue weighted by molar-refractivity contribution is 6.33. The Morgan fingerprint density at radius 3 is 2.76 bits per heavy atom. The van der Waals surface area contributed by atoms with Crippen molar-refractivity contribution in [3.63, 3.8) is 0 Å². The molecule has 114 valence electrons. The van der Waals surface area contributed by atoms with E-state index in [2.05, 4.69) is 15.2 Å². The van der Waals surface area contributed by atoms with Crippen LogP contribution >= 0.6 is 11.6 Å². The zero-order valence-corrected chi connectivity index (χ0v) is 11.7. The monoisotopic (exact) mass is 316 g/mol. The van der Waals surface area contributed by atoms with E-state index >= 15 is 0 Å². The van der Waals surface area contributed by atoms with E-state index in [0.29, 0.717) is 11.0 Å². The number of nitrogens with zero attached hydrogens (tertiary/aromatic N) is 4. The summed E-state index contributed by atoms with van der Waals surface area (Å²) in [5.74, 6) is 0.180. The summed E-state index contributed by atoms with van der Waals surface area (Å²) < 4.78 is 11.9. The Balaban J connectivity index is 2.10. The van der Waals surface area contributed by atoms with Gasteiger partial charge in [0.1, 0.15) is 23.8 Å². The van der Waals surface area contributed by atoms with Gasteiger partial charge < -0.3 is 24.8 Å². The van der Waals surface area contributed by atoms with Gasteiger partial charge in [-0.15, -0.1) is 10.2 Å². The van der Waals surface area contributed by atoms with Gasteiger partial charge in [0, 0.05) is 0 Å². The summed E-state index contributed by atoms with van der Waals surface area (Å²) in [5.41, 5.74) is 0.716. The number of hydrogen-bond donors (Lipinski definition) is 3. The summed E-state index contributed by atoms with van der Waals surface area (Å²) >= 11 is 6.03. The molecular weight excluding hydrogens is 304 g/mol. The summed E-state index contributed by atoms with van der Waals surface area (Å²) in [6, 6.07) is 0. The molecule has 0 unspecified atom stereocenters. The molecule has 0 saturated carbocycles. The molecule has 2 aromatic heterocycles. The molecule has 1 aliphatic heterocycles. The van der Waals surface area contributed by atoms with Gasteiger partial charge in [0.2, 0.25) is 0 Å². The van der Waals surface area contributed by atoms with Crippen LogP contribution in [0, 0.1) is 0 Å². The second-order valence-electron chi connectivity index (χ2n) is 4.58. The number of aliphatic hydroxyl groups excluding tert-OH is 3. The van der Waals surface area contributed by atoms with Crippen molar-refractivity contribution in [3.05, 3.63) is 11.5 Å².